The Kier molecular flexibility index (Phi) is 3.92. The number of hydrogen-bond donors (Lipinski definition) is 2. The van der Waals surface area contributed by atoms with E-state index < -0.39 is 11.5 Å². The lowest BCUT2D eigenvalue weighted by Crippen LogP contribution is -2.24. The lowest BCUT2D eigenvalue weighted by molar-refractivity contribution is 0.0523. The van der Waals surface area contributed by atoms with Gasteiger partial charge in [0.1, 0.15) is 5.56 Å². The van der Waals surface area contributed by atoms with Crippen molar-refractivity contribution in [2.45, 2.75) is 13.5 Å². The maximum atomic E-state index is 12.4. The van der Waals surface area contributed by atoms with Crippen LogP contribution in [-0.4, -0.2) is 39.0 Å². The Balaban J connectivity index is 1.55. The van der Waals surface area contributed by atoms with Crippen LogP contribution >= 0.6 is 0 Å². The van der Waals surface area contributed by atoms with Crippen molar-refractivity contribution >= 4 is 17.7 Å². The number of fused-ring (bicyclic) bond motifs is 2. The summed E-state index contributed by atoms with van der Waals surface area (Å²) >= 11 is 0. The molecule has 0 bridgehead atoms. The van der Waals surface area contributed by atoms with Gasteiger partial charge in [-0.1, -0.05) is 6.07 Å². The molecule has 0 atom stereocenters. The highest BCUT2D eigenvalue weighted by molar-refractivity contribution is 5.88. The molecule has 10 nitrogen and oxygen atoms in total. The molecule has 0 saturated heterocycles. The Morgan fingerprint density at radius 1 is 1.38 bits per heavy atom. The molecular weight excluding hydrogens is 342 g/mol. The highest BCUT2D eigenvalue weighted by Gasteiger charge is 2.17. The largest absolute Gasteiger partial charge is 0.462 e. The number of aromatic nitrogens is 4. The molecule has 1 aromatic carbocycles. The quantitative estimate of drug-likeness (QED) is 0.647. The molecule has 3 heterocycles. The molecule has 0 unspecified atom stereocenters. The smallest absolute Gasteiger partial charge is 0.345 e. The summed E-state index contributed by atoms with van der Waals surface area (Å²) in [5.74, 6) is 1.17. The number of H-pyrrole nitrogens is 1. The normalized spacial score (nSPS) is 12.3. The van der Waals surface area contributed by atoms with E-state index >= 15 is 0 Å². The van der Waals surface area contributed by atoms with Crippen molar-refractivity contribution in [3.05, 3.63) is 45.9 Å². The van der Waals surface area contributed by atoms with Gasteiger partial charge in [0.25, 0.3) is 11.3 Å². The molecule has 0 amide bonds. The van der Waals surface area contributed by atoms with E-state index in [0.29, 0.717) is 24.0 Å². The average molecular weight is 357 g/mol. The van der Waals surface area contributed by atoms with Gasteiger partial charge in [-0.2, -0.15) is 9.50 Å². The molecular formula is C16H15N5O5. The third kappa shape index (κ3) is 2.81. The van der Waals surface area contributed by atoms with Crippen LogP contribution in [0.2, 0.25) is 0 Å². The third-order valence-electron chi connectivity index (χ3n) is 3.76. The van der Waals surface area contributed by atoms with E-state index in [1.807, 2.05) is 18.2 Å². The summed E-state index contributed by atoms with van der Waals surface area (Å²) in [6.45, 7) is 2.49. The van der Waals surface area contributed by atoms with Gasteiger partial charge in [-0.25, -0.2) is 9.78 Å². The molecule has 134 valence electrons. The van der Waals surface area contributed by atoms with Gasteiger partial charge in [-0.3, -0.25) is 9.89 Å². The Hall–Kier alpha value is -3.56. The summed E-state index contributed by atoms with van der Waals surface area (Å²) in [5.41, 5.74) is 0.217. The zero-order chi connectivity index (χ0) is 18.1. The minimum absolute atomic E-state index is 0.149. The van der Waals surface area contributed by atoms with Crippen LogP contribution in [-0.2, 0) is 11.3 Å². The molecule has 1 aliphatic heterocycles. The van der Waals surface area contributed by atoms with Crippen molar-refractivity contribution in [3.8, 4) is 11.5 Å². The van der Waals surface area contributed by atoms with Crippen LogP contribution in [0.25, 0.3) is 5.78 Å². The number of esters is 1. The fourth-order valence-corrected chi connectivity index (χ4v) is 2.52. The van der Waals surface area contributed by atoms with E-state index in [1.165, 1.54) is 0 Å². The predicted octanol–water partition coefficient (Wildman–Crippen LogP) is 0.935. The van der Waals surface area contributed by atoms with Gasteiger partial charge in [0.2, 0.25) is 12.7 Å². The Labute approximate surface area is 146 Å². The van der Waals surface area contributed by atoms with Gasteiger partial charge in [0.05, 0.1) is 12.8 Å². The first-order valence-corrected chi connectivity index (χ1v) is 7.93. The van der Waals surface area contributed by atoms with Crippen molar-refractivity contribution in [1.29, 1.82) is 0 Å². The fourth-order valence-electron chi connectivity index (χ4n) is 2.52. The average Bonchev–Trinajstić information content (AvgIpc) is 3.26. The van der Waals surface area contributed by atoms with Crippen molar-refractivity contribution in [2.75, 3.05) is 18.7 Å². The van der Waals surface area contributed by atoms with Gasteiger partial charge in [0.15, 0.2) is 11.5 Å². The number of ether oxygens (including phenoxy) is 3. The summed E-state index contributed by atoms with van der Waals surface area (Å²) in [6, 6.07) is 5.59. The molecule has 1 aliphatic rings. The lowest BCUT2D eigenvalue weighted by Gasteiger charge is -2.04. The number of carbonyl (C=O) groups excluding carboxylic acids is 1. The second kappa shape index (κ2) is 6.39. The van der Waals surface area contributed by atoms with Crippen LogP contribution in [0.1, 0.15) is 22.8 Å². The lowest BCUT2D eigenvalue weighted by atomic mass is 10.2. The summed E-state index contributed by atoms with van der Waals surface area (Å²) in [7, 11) is 0. The zero-order valence-electron chi connectivity index (χ0n) is 13.8. The van der Waals surface area contributed by atoms with Crippen molar-refractivity contribution in [2.24, 2.45) is 0 Å². The predicted molar refractivity (Wildman–Crippen MR) is 89.5 cm³/mol. The van der Waals surface area contributed by atoms with E-state index in [2.05, 4.69) is 20.4 Å². The number of nitrogens with one attached hydrogen (secondary N) is 2. The number of hydrogen-bond acceptors (Lipinski definition) is 8. The Morgan fingerprint density at radius 3 is 3.08 bits per heavy atom. The second-order valence-corrected chi connectivity index (χ2v) is 5.45. The maximum Gasteiger partial charge on any atom is 0.345 e. The summed E-state index contributed by atoms with van der Waals surface area (Å²) in [4.78, 5) is 32.3. The third-order valence-corrected chi connectivity index (χ3v) is 3.76. The number of benzene rings is 1. The van der Waals surface area contributed by atoms with Crippen molar-refractivity contribution in [1.82, 2.24) is 19.6 Å². The van der Waals surface area contributed by atoms with Gasteiger partial charge in [-0.05, 0) is 24.6 Å². The maximum absolute atomic E-state index is 12.4. The highest BCUT2D eigenvalue weighted by atomic mass is 16.7. The molecule has 3 aromatic rings. The molecule has 26 heavy (non-hydrogen) atoms. The number of rotatable bonds is 5. The Morgan fingerprint density at radius 2 is 2.23 bits per heavy atom. The van der Waals surface area contributed by atoms with Crippen LogP contribution in [0.4, 0.5) is 5.95 Å². The van der Waals surface area contributed by atoms with Crippen LogP contribution in [0.3, 0.4) is 0 Å². The summed E-state index contributed by atoms with van der Waals surface area (Å²) < 4.78 is 16.5. The molecule has 4 rings (SSSR count). The van der Waals surface area contributed by atoms with Gasteiger partial charge >= 0.3 is 5.97 Å². The summed E-state index contributed by atoms with van der Waals surface area (Å²) in [5, 5.41) is 5.84. The topological polar surface area (TPSA) is 120 Å². The van der Waals surface area contributed by atoms with E-state index in [-0.39, 0.29) is 24.7 Å². The van der Waals surface area contributed by atoms with E-state index in [4.69, 9.17) is 14.2 Å². The molecule has 10 heteroatoms. The van der Waals surface area contributed by atoms with Gasteiger partial charge in [-0.15, -0.1) is 0 Å². The van der Waals surface area contributed by atoms with Crippen LogP contribution < -0.4 is 20.3 Å². The SMILES string of the molecule is CCOC(=O)c1cnc2nc(NCc3ccc4c(c3)OCO4)[nH]n2c1=O. The molecule has 0 spiro atoms. The first kappa shape index (κ1) is 15.9. The molecule has 0 aliphatic carbocycles. The molecule has 2 aromatic heterocycles. The minimum atomic E-state index is -0.719. The molecule has 2 N–H and O–H groups in total. The van der Waals surface area contributed by atoms with E-state index in [1.54, 1.807) is 6.92 Å². The van der Waals surface area contributed by atoms with Crippen LogP contribution in [0.5, 0.6) is 11.5 Å². The van der Waals surface area contributed by atoms with Crippen molar-refractivity contribution < 1.29 is 19.0 Å². The zero-order valence-corrected chi connectivity index (χ0v) is 13.8. The Bertz CT molecular complexity index is 1040. The van der Waals surface area contributed by atoms with Gasteiger partial charge < -0.3 is 19.5 Å². The minimum Gasteiger partial charge on any atom is -0.462 e. The van der Waals surface area contributed by atoms with Crippen LogP contribution in [0, 0.1) is 0 Å². The standard InChI is InChI=1S/C16H15N5O5/c1-2-24-14(23)10-7-18-16-19-15(20-21(16)13(10)22)17-6-9-3-4-11-12(5-9)26-8-25-11/h3-5,7H,2,6,8H2,1H3,(H2,17,18,19,20). The van der Waals surface area contributed by atoms with Crippen molar-refractivity contribution in [3.63, 3.8) is 0 Å². The summed E-state index contributed by atoms with van der Waals surface area (Å²) in [6.07, 6.45) is 1.16. The number of aromatic amines is 1. The van der Waals surface area contributed by atoms with Crippen LogP contribution in [0.15, 0.2) is 29.2 Å². The van der Waals surface area contributed by atoms with E-state index in [0.717, 1.165) is 16.3 Å². The molecule has 0 radical (unpaired) electrons. The first-order chi connectivity index (χ1) is 12.7. The number of carbonyl (C=O) groups is 1. The number of nitrogens with zero attached hydrogens (tertiary/aromatic N) is 3. The monoisotopic (exact) mass is 357 g/mol. The molecule has 0 saturated carbocycles. The molecule has 0 fully saturated rings. The number of anilines is 1. The second-order valence-electron chi connectivity index (χ2n) is 5.45. The van der Waals surface area contributed by atoms with E-state index in [9.17, 15) is 9.59 Å². The van der Waals surface area contributed by atoms with Gasteiger partial charge in [0, 0.05) is 6.54 Å². The fraction of sp³-hybridized carbons (Fsp3) is 0.250. The highest BCUT2D eigenvalue weighted by Crippen LogP contribution is 2.32. The first-order valence-electron chi connectivity index (χ1n) is 7.93.